The van der Waals surface area contributed by atoms with Gasteiger partial charge in [-0.1, -0.05) is 11.3 Å². The molecular formula is C12H13N3OS. The van der Waals surface area contributed by atoms with E-state index in [-0.39, 0.29) is 0 Å². The molecule has 0 aliphatic carbocycles. The Hall–Kier alpha value is -1.75. The van der Waals surface area contributed by atoms with E-state index in [4.69, 9.17) is 0 Å². The van der Waals surface area contributed by atoms with Crippen LogP contribution in [0.2, 0.25) is 0 Å². The summed E-state index contributed by atoms with van der Waals surface area (Å²) in [5.41, 5.74) is 1.18. The molecule has 0 radical (unpaired) electrons. The van der Waals surface area contributed by atoms with Gasteiger partial charge >= 0.3 is 0 Å². The SMILES string of the molecule is CCN(Cc1ccncc1)c1ncc(C=O)s1. The highest BCUT2D eigenvalue weighted by molar-refractivity contribution is 7.17. The molecule has 0 atom stereocenters. The van der Waals surface area contributed by atoms with Gasteiger partial charge < -0.3 is 4.90 Å². The van der Waals surface area contributed by atoms with Crippen molar-refractivity contribution in [2.45, 2.75) is 13.5 Å². The summed E-state index contributed by atoms with van der Waals surface area (Å²) in [6.45, 7) is 3.71. The van der Waals surface area contributed by atoms with Gasteiger partial charge in [0.25, 0.3) is 0 Å². The molecule has 0 fully saturated rings. The number of pyridine rings is 1. The summed E-state index contributed by atoms with van der Waals surface area (Å²) >= 11 is 1.42. The summed E-state index contributed by atoms with van der Waals surface area (Å²) in [6.07, 6.45) is 6.01. The van der Waals surface area contributed by atoms with Gasteiger partial charge in [-0.15, -0.1) is 0 Å². The van der Waals surface area contributed by atoms with Crippen LogP contribution in [0.4, 0.5) is 5.13 Å². The predicted molar refractivity (Wildman–Crippen MR) is 68.5 cm³/mol. The van der Waals surface area contributed by atoms with Gasteiger partial charge in [0.1, 0.15) is 0 Å². The van der Waals surface area contributed by atoms with Crippen molar-refractivity contribution in [3.63, 3.8) is 0 Å². The number of anilines is 1. The van der Waals surface area contributed by atoms with Crippen molar-refractivity contribution in [3.8, 4) is 0 Å². The van der Waals surface area contributed by atoms with Gasteiger partial charge in [0.2, 0.25) is 0 Å². The van der Waals surface area contributed by atoms with Crippen molar-refractivity contribution in [1.29, 1.82) is 0 Å². The average Bonchev–Trinajstić information content (AvgIpc) is 2.86. The number of aromatic nitrogens is 2. The van der Waals surface area contributed by atoms with Gasteiger partial charge in [0.05, 0.1) is 11.1 Å². The minimum Gasteiger partial charge on any atom is -0.344 e. The van der Waals surface area contributed by atoms with E-state index < -0.39 is 0 Å². The molecule has 0 spiro atoms. The van der Waals surface area contributed by atoms with Crippen molar-refractivity contribution < 1.29 is 4.79 Å². The second-order valence-corrected chi connectivity index (χ2v) is 4.57. The van der Waals surface area contributed by atoms with E-state index in [1.54, 1.807) is 18.6 Å². The minimum atomic E-state index is 0.660. The van der Waals surface area contributed by atoms with Gasteiger partial charge in [0.15, 0.2) is 11.4 Å². The number of thiazole rings is 1. The van der Waals surface area contributed by atoms with Crippen LogP contribution in [0.25, 0.3) is 0 Å². The molecule has 2 aromatic heterocycles. The molecule has 2 heterocycles. The zero-order valence-electron chi connectivity index (χ0n) is 9.54. The molecule has 0 saturated heterocycles. The molecule has 17 heavy (non-hydrogen) atoms. The molecule has 0 unspecified atom stereocenters. The first-order chi connectivity index (χ1) is 8.33. The Morgan fingerprint density at radius 2 is 2.18 bits per heavy atom. The summed E-state index contributed by atoms with van der Waals surface area (Å²) in [6, 6.07) is 3.97. The largest absolute Gasteiger partial charge is 0.344 e. The number of aldehydes is 1. The van der Waals surface area contributed by atoms with Gasteiger partial charge in [-0.05, 0) is 24.6 Å². The molecule has 4 nitrogen and oxygen atoms in total. The molecule has 0 saturated carbocycles. The zero-order chi connectivity index (χ0) is 12.1. The van der Waals surface area contributed by atoms with Crippen LogP contribution in [0, 0.1) is 0 Å². The second kappa shape index (κ2) is 5.54. The van der Waals surface area contributed by atoms with Gasteiger partial charge in [-0.2, -0.15) is 0 Å². The lowest BCUT2D eigenvalue weighted by molar-refractivity contribution is 0.112. The Morgan fingerprint density at radius 3 is 2.76 bits per heavy atom. The van der Waals surface area contributed by atoms with Crippen LogP contribution in [0.1, 0.15) is 22.2 Å². The Balaban J connectivity index is 2.14. The third-order valence-corrected chi connectivity index (χ3v) is 3.39. The van der Waals surface area contributed by atoms with Crippen molar-refractivity contribution >= 4 is 22.8 Å². The lowest BCUT2D eigenvalue weighted by Gasteiger charge is -2.19. The van der Waals surface area contributed by atoms with Crippen LogP contribution < -0.4 is 4.90 Å². The van der Waals surface area contributed by atoms with E-state index in [0.717, 1.165) is 24.5 Å². The molecule has 0 aromatic carbocycles. The fraction of sp³-hybridized carbons (Fsp3) is 0.250. The van der Waals surface area contributed by atoms with Crippen LogP contribution in [-0.4, -0.2) is 22.8 Å². The Labute approximate surface area is 104 Å². The molecule has 5 heteroatoms. The van der Waals surface area contributed by atoms with Gasteiger partial charge in [-0.3, -0.25) is 9.78 Å². The molecule has 0 bridgehead atoms. The van der Waals surface area contributed by atoms with E-state index in [2.05, 4.69) is 21.8 Å². The highest BCUT2D eigenvalue weighted by Gasteiger charge is 2.09. The predicted octanol–water partition coefficient (Wildman–Crippen LogP) is 2.38. The first-order valence-electron chi connectivity index (χ1n) is 5.38. The maximum absolute atomic E-state index is 10.6. The quantitative estimate of drug-likeness (QED) is 0.761. The average molecular weight is 247 g/mol. The van der Waals surface area contributed by atoms with E-state index in [0.29, 0.717) is 4.88 Å². The summed E-state index contributed by atoms with van der Waals surface area (Å²) in [5, 5.41) is 0.881. The maximum Gasteiger partial charge on any atom is 0.186 e. The Kier molecular flexibility index (Phi) is 3.82. The van der Waals surface area contributed by atoms with Crippen molar-refractivity contribution in [3.05, 3.63) is 41.2 Å². The normalized spacial score (nSPS) is 10.2. The molecule has 0 amide bonds. The highest BCUT2D eigenvalue weighted by atomic mass is 32.1. The Morgan fingerprint density at radius 1 is 1.41 bits per heavy atom. The van der Waals surface area contributed by atoms with Crippen molar-refractivity contribution in [1.82, 2.24) is 9.97 Å². The van der Waals surface area contributed by atoms with E-state index in [1.807, 2.05) is 12.1 Å². The smallest absolute Gasteiger partial charge is 0.186 e. The van der Waals surface area contributed by atoms with Crippen LogP contribution in [0.5, 0.6) is 0 Å². The third kappa shape index (κ3) is 2.88. The first kappa shape index (κ1) is 11.7. The molecule has 88 valence electrons. The number of hydrogen-bond donors (Lipinski definition) is 0. The minimum absolute atomic E-state index is 0.660. The summed E-state index contributed by atoms with van der Waals surface area (Å²) in [4.78, 5) is 21.7. The van der Waals surface area contributed by atoms with Crippen LogP contribution in [0.15, 0.2) is 30.7 Å². The highest BCUT2D eigenvalue weighted by Crippen LogP contribution is 2.22. The first-order valence-corrected chi connectivity index (χ1v) is 6.20. The monoisotopic (exact) mass is 247 g/mol. The number of carbonyl (C=O) groups excluding carboxylic acids is 1. The molecule has 0 aliphatic heterocycles. The van der Waals surface area contributed by atoms with Gasteiger partial charge in [-0.25, -0.2) is 4.98 Å². The van der Waals surface area contributed by atoms with E-state index in [9.17, 15) is 4.79 Å². The van der Waals surface area contributed by atoms with Gasteiger partial charge in [0, 0.05) is 25.5 Å². The Bertz CT molecular complexity index is 484. The topological polar surface area (TPSA) is 46.1 Å². The number of hydrogen-bond acceptors (Lipinski definition) is 5. The maximum atomic E-state index is 10.6. The van der Waals surface area contributed by atoms with Crippen LogP contribution in [0.3, 0.4) is 0 Å². The summed E-state index contributed by atoms with van der Waals surface area (Å²) in [5.74, 6) is 0. The van der Waals surface area contributed by atoms with Crippen molar-refractivity contribution in [2.24, 2.45) is 0 Å². The van der Waals surface area contributed by atoms with Crippen LogP contribution >= 0.6 is 11.3 Å². The van der Waals surface area contributed by atoms with Crippen LogP contribution in [-0.2, 0) is 6.54 Å². The molecular weight excluding hydrogens is 234 g/mol. The number of nitrogens with zero attached hydrogens (tertiary/aromatic N) is 3. The van der Waals surface area contributed by atoms with E-state index in [1.165, 1.54) is 16.9 Å². The standard InChI is InChI=1S/C12H13N3OS/c1-2-15(8-10-3-5-13-6-4-10)12-14-7-11(9-16)17-12/h3-7,9H,2,8H2,1H3. The fourth-order valence-corrected chi connectivity index (χ4v) is 2.29. The lowest BCUT2D eigenvalue weighted by atomic mass is 10.2. The second-order valence-electron chi connectivity index (χ2n) is 3.53. The third-order valence-electron chi connectivity index (χ3n) is 2.40. The lowest BCUT2D eigenvalue weighted by Crippen LogP contribution is -2.21. The fourth-order valence-electron chi connectivity index (χ4n) is 1.50. The zero-order valence-corrected chi connectivity index (χ0v) is 10.4. The molecule has 0 N–H and O–H groups in total. The summed E-state index contributed by atoms with van der Waals surface area (Å²) in [7, 11) is 0. The molecule has 2 aromatic rings. The molecule has 0 aliphatic rings. The van der Waals surface area contributed by atoms with Crippen molar-refractivity contribution in [2.75, 3.05) is 11.4 Å². The van der Waals surface area contributed by atoms with E-state index >= 15 is 0 Å². The number of rotatable bonds is 5. The number of carbonyl (C=O) groups is 1. The molecule has 2 rings (SSSR count). The summed E-state index contributed by atoms with van der Waals surface area (Å²) < 4.78 is 0.